The Morgan fingerprint density at radius 1 is 1.22 bits per heavy atom. The van der Waals surface area contributed by atoms with Gasteiger partial charge in [0.15, 0.2) is 11.6 Å². The molecule has 2 nitrogen and oxygen atoms in total. The van der Waals surface area contributed by atoms with Crippen molar-refractivity contribution in [3.8, 4) is 5.75 Å². The summed E-state index contributed by atoms with van der Waals surface area (Å²) in [5.74, 6) is 0.988. The van der Waals surface area contributed by atoms with E-state index in [1.807, 2.05) is 6.07 Å². The van der Waals surface area contributed by atoms with Gasteiger partial charge in [-0.25, -0.2) is 4.39 Å². The molecule has 0 unspecified atom stereocenters. The van der Waals surface area contributed by atoms with Gasteiger partial charge in [0, 0.05) is 12.6 Å². The summed E-state index contributed by atoms with van der Waals surface area (Å²) in [5, 5.41) is 3.38. The number of hydrogen-bond acceptors (Lipinski definition) is 2. The van der Waals surface area contributed by atoms with E-state index >= 15 is 0 Å². The van der Waals surface area contributed by atoms with Crippen LogP contribution in [0.4, 0.5) is 4.39 Å². The Bertz CT molecular complexity index is 413. The van der Waals surface area contributed by atoms with E-state index in [0.29, 0.717) is 18.4 Å². The lowest BCUT2D eigenvalue weighted by Gasteiger charge is -2.09. The number of ether oxygens (including phenoxy) is 1. The molecular weight excluding hydrogens is 229 g/mol. The fourth-order valence-electron chi connectivity index (χ4n) is 2.06. The van der Waals surface area contributed by atoms with Crippen LogP contribution in [-0.4, -0.2) is 12.6 Å². The van der Waals surface area contributed by atoms with Crippen LogP contribution in [0.2, 0.25) is 0 Å². The zero-order chi connectivity index (χ0) is 12.4. The molecule has 0 aliphatic heterocycles. The first-order chi connectivity index (χ1) is 8.81. The third-order valence-corrected chi connectivity index (χ3v) is 3.65. The molecule has 3 rings (SSSR count). The van der Waals surface area contributed by atoms with E-state index in [4.69, 9.17) is 4.74 Å². The predicted molar refractivity (Wildman–Crippen MR) is 69.1 cm³/mol. The summed E-state index contributed by atoms with van der Waals surface area (Å²) in [7, 11) is 0. The fourth-order valence-corrected chi connectivity index (χ4v) is 2.06. The summed E-state index contributed by atoms with van der Waals surface area (Å²) in [6.07, 6.45) is 6.20. The summed E-state index contributed by atoms with van der Waals surface area (Å²) >= 11 is 0. The summed E-state index contributed by atoms with van der Waals surface area (Å²) in [5.41, 5.74) is 0.994. The van der Waals surface area contributed by atoms with Crippen LogP contribution in [0.5, 0.6) is 5.75 Å². The normalized spacial score (nSPS) is 18.9. The first-order valence-electron chi connectivity index (χ1n) is 6.96. The molecule has 2 fully saturated rings. The number of halogens is 1. The quantitative estimate of drug-likeness (QED) is 0.801. The zero-order valence-electron chi connectivity index (χ0n) is 10.6. The molecule has 2 saturated carbocycles. The Morgan fingerprint density at radius 2 is 2.06 bits per heavy atom. The fraction of sp³-hybridized carbons (Fsp3) is 0.600. The Labute approximate surface area is 108 Å². The average molecular weight is 249 g/mol. The maximum Gasteiger partial charge on any atom is 0.165 e. The first kappa shape index (κ1) is 12.0. The molecule has 2 aliphatic rings. The van der Waals surface area contributed by atoms with Crippen LogP contribution < -0.4 is 10.1 Å². The van der Waals surface area contributed by atoms with Gasteiger partial charge in [-0.15, -0.1) is 0 Å². The van der Waals surface area contributed by atoms with Gasteiger partial charge in [0.1, 0.15) is 0 Å². The molecule has 0 bridgehead atoms. The summed E-state index contributed by atoms with van der Waals surface area (Å²) in [6, 6.07) is 5.95. The van der Waals surface area contributed by atoms with Gasteiger partial charge in [-0.1, -0.05) is 18.9 Å². The number of hydrogen-bond donors (Lipinski definition) is 1. The highest BCUT2D eigenvalue weighted by Crippen LogP contribution is 2.32. The molecule has 1 N–H and O–H groups in total. The molecule has 0 aromatic heterocycles. The highest BCUT2D eigenvalue weighted by Gasteiger charge is 2.21. The van der Waals surface area contributed by atoms with E-state index in [1.54, 1.807) is 12.1 Å². The maximum atomic E-state index is 13.8. The van der Waals surface area contributed by atoms with E-state index < -0.39 is 0 Å². The van der Waals surface area contributed by atoms with E-state index in [9.17, 15) is 4.39 Å². The molecule has 18 heavy (non-hydrogen) atoms. The van der Waals surface area contributed by atoms with Gasteiger partial charge >= 0.3 is 0 Å². The predicted octanol–water partition coefficient (Wildman–Crippen LogP) is 3.26. The van der Waals surface area contributed by atoms with Crippen molar-refractivity contribution in [2.24, 2.45) is 5.92 Å². The lowest BCUT2D eigenvalue weighted by molar-refractivity contribution is 0.288. The maximum absolute atomic E-state index is 13.8. The summed E-state index contributed by atoms with van der Waals surface area (Å²) in [4.78, 5) is 0. The molecule has 1 aromatic rings. The minimum atomic E-state index is -0.235. The van der Waals surface area contributed by atoms with Crippen LogP contribution in [-0.2, 0) is 6.54 Å². The smallest absolute Gasteiger partial charge is 0.165 e. The third-order valence-electron chi connectivity index (χ3n) is 3.65. The Kier molecular flexibility index (Phi) is 3.50. The second-order valence-corrected chi connectivity index (χ2v) is 5.50. The van der Waals surface area contributed by atoms with Crippen LogP contribution in [0.25, 0.3) is 0 Å². The number of benzene rings is 1. The Hall–Kier alpha value is -1.09. The highest BCUT2D eigenvalue weighted by atomic mass is 19.1. The Morgan fingerprint density at radius 3 is 2.72 bits per heavy atom. The van der Waals surface area contributed by atoms with E-state index in [-0.39, 0.29) is 5.82 Å². The molecule has 0 saturated heterocycles. The van der Waals surface area contributed by atoms with Crippen LogP contribution in [0.15, 0.2) is 18.2 Å². The minimum Gasteiger partial charge on any atom is -0.491 e. The van der Waals surface area contributed by atoms with Gasteiger partial charge in [0.25, 0.3) is 0 Å². The Balaban J connectivity index is 1.49. The summed E-state index contributed by atoms with van der Waals surface area (Å²) in [6.45, 7) is 1.39. The number of rotatable bonds is 7. The molecular formula is C15H20FNO. The van der Waals surface area contributed by atoms with E-state index in [0.717, 1.165) is 24.4 Å². The van der Waals surface area contributed by atoms with Crippen molar-refractivity contribution >= 4 is 0 Å². The van der Waals surface area contributed by atoms with Gasteiger partial charge < -0.3 is 10.1 Å². The molecule has 0 amide bonds. The van der Waals surface area contributed by atoms with Crippen LogP contribution >= 0.6 is 0 Å². The molecule has 0 atom stereocenters. The second kappa shape index (κ2) is 5.27. The lowest BCUT2D eigenvalue weighted by atomic mass is 10.2. The molecule has 2 aliphatic carbocycles. The molecule has 0 spiro atoms. The monoisotopic (exact) mass is 249 g/mol. The molecule has 98 valence electrons. The standard InChI is InChI=1S/C15H20FNO/c16-14-9-12(10-17-13-4-5-13)3-6-15(14)18-8-7-11-1-2-11/h3,6,9,11,13,17H,1-2,4-5,7-8,10H2. The molecule has 0 heterocycles. The van der Waals surface area contributed by atoms with Crippen molar-refractivity contribution < 1.29 is 9.13 Å². The molecule has 3 heteroatoms. The van der Waals surface area contributed by atoms with Crippen molar-refractivity contribution in [1.82, 2.24) is 5.32 Å². The largest absolute Gasteiger partial charge is 0.491 e. The third kappa shape index (κ3) is 3.45. The van der Waals surface area contributed by atoms with Crippen LogP contribution in [0.1, 0.15) is 37.7 Å². The highest BCUT2D eigenvalue weighted by molar-refractivity contribution is 5.29. The van der Waals surface area contributed by atoms with Gasteiger partial charge in [0.05, 0.1) is 6.61 Å². The van der Waals surface area contributed by atoms with E-state index in [1.165, 1.54) is 25.7 Å². The van der Waals surface area contributed by atoms with Gasteiger partial charge in [-0.05, 0) is 42.9 Å². The topological polar surface area (TPSA) is 21.3 Å². The van der Waals surface area contributed by atoms with Crippen molar-refractivity contribution in [2.45, 2.75) is 44.7 Å². The van der Waals surface area contributed by atoms with Gasteiger partial charge in [-0.3, -0.25) is 0 Å². The average Bonchev–Trinajstić information content (AvgIpc) is 3.24. The summed E-state index contributed by atoms with van der Waals surface area (Å²) < 4.78 is 19.3. The molecule has 0 radical (unpaired) electrons. The van der Waals surface area contributed by atoms with E-state index in [2.05, 4.69) is 5.32 Å². The second-order valence-electron chi connectivity index (χ2n) is 5.50. The van der Waals surface area contributed by atoms with Crippen molar-refractivity contribution in [3.63, 3.8) is 0 Å². The van der Waals surface area contributed by atoms with Crippen LogP contribution in [0.3, 0.4) is 0 Å². The zero-order valence-corrected chi connectivity index (χ0v) is 10.6. The van der Waals surface area contributed by atoms with Gasteiger partial charge in [0.2, 0.25) is 0 Å². The first-order valence-corrected chi connectivity index (χ1v) is 6.96. The van der Waals surface area contributed by atoms with Crippen molar-refractivity contribution in [3.05, 3.63) is 29.6 Å². The number of nitrogens with one attached hydrogen (secondary N) is 1. The van der Waals surface area contributed by atoms with Crippen molar-refractivity contribution in [2.75, 3.05) is 6.61 Å². The van der Waals surface area contributed by atoms with Crippen LogP contribution in [0, 0.1) is 11.7 Å². The lowest BCUT2D eigenvalue weighted by Crippen LogP contribution is -2.15. The molecule has 1 aromatic carbocycles. The van der Waals surface area contributed by atoms with Crippen molar-refractivity contribution in [1.29, 1.82) is 0 Å². The minimum absolute atomic E-state index is 0.235. The SMILES string of the molecule is Fc1cc(CNC2CC2)ccc1OCCC1CC1. The van der Waals surface area contributed by atoms with Gasteiger partial charge in [-0.2, -0.15) is 0 Å².